The Bertz CT molecular complexity index is 677. The molecule has 0 aliphatic heterocycles. The average molecular weight is 296 g/mol. The van der Waals surface area contributed by atoms with E-state index in [1.54, 1.807) is 0 Å². The van der Waals surface area contributed by atoms with Gasteiger partial charge in [0.15, 0.2) is 11.6 Å². The molecule has 0 unspecified atom stereocenters. The molecule has 4 nitrogen and oxygen atoms in total. The van der Waals surface area contributed by atoms with Crippen LogP contribution in [-0.4, -0.2) is 13.1 Å². The van der Waals surface area contributed by atoms with E-state index in [1.165, 1.54) is 19.2 Å². The van der Waals surface area contributed by atoms with Gasteiger partial charge in [-0.3, -0.25) is 0 Å². The first-order valence-electron chi connectivity index (χ1n) is 5.86. The van der Waals surface area contributed by atoms with Crippen molar-refractivity contribution in [2.75, 3.05) is 17.7 Å². The zero-order chi connectivity index (χ0) is 15.4. The Balaban J connectivity index is 2.06. The van der Waals surface area contributed by atoms with Crippen molar-refractivity contribution in [3.05, 3.63) is 53.8 Å². The molecular weight excluding hydrogens is 285 g/mol. The molecule has 0 fully saturated rings. The topological polar surface area (TPSA) is 50.4 Å². The second kappa shape index (κ2) is 6.17. The Hall–Kier alpha value is -2.70. The van der Waals surface area contributed by atoms with Crippen LogP contribution in [-0.2, 0) is 0 Å². The molecule has 0 aliphatic carbocycles. The maximum absolute atomic E-state index is 13.4. The van der Waals surface area contributed by atoms with Crippen LogP contribution >= 0.6 is 0 Å². The van der Waals surface area contributed by atoms with Crippen molar-refractivity contribution in [3.63, 3.8) is 0 Å². The largest absolute Gasteiger partial charge is 0.494 e. The molecule has 0 spiro atoms. The summed E-state index contributed by atoms with van der Waals surface area (Å²) in [4.78, 5) is 11.6. The lowest BCUT2D eigenvalue weighted by molar-refractivity contribution is 0.262. The second-order valence-corrected chi connectivity index (χ2v) is 4.05. The summed E-state index contributed by atoms with van der Waals surface area (Å²) < 4.78 is 44.3. The van der Waals surface area contributed by atoms with Crippen LogP contribution in [0.1, 0.15) is 0 Å². The van der Waals surface area contributed by atoms with Crippen LogP contribution in [0.15, 0.2) is 36.4 Å². The van der Waals surface area contributed by atoms with Crippen LogP contribution in [0.25, 0.3) is 0 Å². The van der Waals surface area contributed by atoms with E-state index in [2.05, 4.69) is 10.6 Å². The fraction of sp³-hybridized carbons (Fsp3) is 0.0714. The maximum Gasteiger partial charge on any atom is 0.323 e. The predicted molar refractivity (Wildman–Crippen MR) is 72.0 cm³/mol. The summed E-state index contributed by atoms with van der Waals surface area (Å²) in [6, 6.07) is 5.75. The normalized spacial score (nSPS) is 10.1. The smallest absolute Gasteiger partial charge is 0.323 e. The van der Waals surface area contributed by atoms with Crippen LogP contribution in [0.5, 0.6) is 5.75 Å². The van der Waals surface area contributed by atoms with Crippen molar-refractivity contribution in [2.45, 2.75) is 0 Å². The highest BCUT2D eigenvalue weighted by Gasteiger charge is 2.09. The van der Waals surface area contributed by atoms with E-state index in [0.717, 1.165) is 18.2 Å². The Morgan fingerprint density at radius 1 is 1.00 bits per heavy atom. The molecule has 0 heterocycles. The molecule has 2 rings (SSSR count). The van der Waals surface area contributed by atoms with E-state index in [4.69, 9.17) is 4.74 Å². The minimum absolute atomic E-state index is 0.0329. The molecule has 21 heavy (non-hydrogen) atoms. The van der Waals surface area contributed by atoms with Gasteiger partial charge in [0.1, 0.15) is 11.6 Å². The number of anilines is 2. The first-order chi connectivity index (χ1) is 9.99. The molecule has 2 aromatic rings. The van der Waals surface area contributed by atoms with E-state index >= 15 is 0 Å². The number of ether oxygens (including phenoxy) is 1. The summed E-state index contributed by atoms with van der Waals surface area (Å²) in [6.45, 7) is 0. The molecule has 2 aromatic carbocycles. The summed E-state index contributed by atoms with van der Waals surface area (Å²) >= 11 is 0. The van der Waals surface area contributed by atoms with Crippen molar-refractivity contribution in [2.24, 2.45) is 0 Å². The van der Waals surface area contributed by atoms with Crippen LogP contribution in [0.4, 0.5) is 29.3 Å². The zero-order valence-electron chi connectivity index (χ0n) is 10.9. The third-order valence-electron chi connectivity index (χ3n) is 2.59. The van der Waals surface area contributed by atoms with Gasteiger partial charge in [-0.25, -0.2) is 18.0 Å². The monoisotopic (exact) mass is 296 g/mol. The number of urea groups is 1. The number of methoxy groups -OCH3 is 1. The number of carbonyl (C=O) groups is 1. The lowest BCUT2D eigenvalue weighted by Gasteiger charge is -2.09. The van der Waals surface area contributed by atoms with Gasteiger partial charge in [-0.1, -0.05) is 0 Å². The van der Waals surface area contributed by atoms with Gasteiger partial charge in [0, 0.05) is 17.8 Å². The van der Waals surface area contributed by atoms with Crippen molar-refractivity contribution < 1.29 is 22.7 Å². The highest BCUT2D eigenvalue weighted by Crippen LogP contribution is 2.21. The molecule has 0 saturated carbocycles. The SMILES string of the molecule is COc1ccc(NC(=O)Nc2ccc(F)cc2F)cc1F. The number of carbonyl (C=O) groups excluding carboxylic acids is 1. The fourth-order valence-electron chi connectivity index (χ4n) is 1.62. The molecule has 0 bridgehead atoms. The van der Waals surface area contributed by atoms with Crippen LogP contribution in [0.3, 0.4) is 0 Å². The van der Waals surface area contributed by atoms with Gasteiger partial charge in [-0.15, -0.1) is 0 Å². The molecule has 0 radical (unpaired) electrons. The average Bonchev–Trinajstić information content (AvgIpc) is 2.42. The fourth-order valence-corrected chi connectivity index (χ4v) is 1.62. The standard InChI is InChI=1S/C14H11F3N2O2/c1-21-13-5-3-9(7-11(13)17)18-14(20)19-12-4-2-8(15)6-10(12)16/h2-7H,1H3,(H2,18,19,20). The highest BCUT2D eigenvalue weighted by molar-refractivity contribution is 5.99. The van der Waals surface area contributed by atoms with Gasteiger partial charge in [-0.2, -0.15) is 0 Å². The third-order valence-corrected chi connectivity index (χ3v) is 2.59. The summed E-state index contributed by atoms with van der Waals surface area (Å²) in [6.07, 6.45) is 0. The Morgan fingerprint density at radius 3 is 2.38 bits per heavy atom. The summed E-state index contributed by atoms with van der Waals surface area (Å²) in [5.74, 6) is -2.28. The minimum atomic E-state index is -0.911. The van der Waals surface area contributed by atoms with Crippen LogP contribution in [0.2, 0.25) is 0 Å². The van der Waals surface area contributed by atoms with Crippen LogP contribution < -0.4 is 15.4 Å². The number of halogens is 3. The molecule has 0 saturated heterocycles. The number of nitrogens with one attached hydrogen (secondary N) is 2. The minimum Gasteiger partial charge on any atom is -0.494 e. The highest BCUT2D eigenvalue weighted by atomic mass is 19.1. The quantitative estimate of drug-likeness (QED) is 0.906. The molecule has 2 N–H and O–H groups in total. The van der Waals surface area contributed by atoms with E-state index in [9.17, 15) is 18.0 Å². The van der Waals surface area contributed by atoms with E-state index in [-0.39, 0.29) is 17.1 Å². The van der Waals surface area contributed by atoms with Crippen molar-refractivity contribution in [1.82, 2.24) is 0 Å². The van der Waals surface area contributed by atoms with Crippen molar-refractivity contribution in [1.29, 1.82) is 0 Å². The number of hydrogen-bond donors (Lipinski definition) is 2. The second-order valence-electron chi connectivity index (χ2n) is 4.05. The van der Waals surface area contributed by atoms with Gasteiger partial charge >= 0.3 is 6.03 Å². The van der Waals surface area contributed by atoms with Gasteiger partial charge < -0.3 is 15.4 Å². The molecule has 0 aliphatic rings. The van der Waals surface area contributed by atoms with Crippen LogP contribution in [0, 0.1) is 17.5 Å². The summed E-state index contributed by atoms with van der Waals surface area (Å²) in [7, 11) is 1.32. The summed E-state index contributed by atoms with van der Waals surface area (Å²) in [5, 5.41) is 4.51. The molecule has 2 amide bonds. The lowest BCUT2D eigenvalue weighted by Crippen LogP contribution is -2.20. The first-order valence-corrected chi connectivity index (χ1v) is 5.86. The Kier molecular flexibility index (Phi) is 4.32. The van der Waals surface area contributed by atoms with E-state index < -0.39 is 23.5 Å². The third kappa shape index (κ3) is 3.65. The number of benzene rings is 2. The summed E-state index contributed by atoms with van der Waals surface area (Å²) in [5.41, 5.74) is -0.0313. The number of amides is 2. The van der Waals surface area contributed by atoms with Crippen molar-refractivity contribution in [3.8, 4) is 5.75 Å². The Morgan fingerprint density at radius 2 is 1.76 bits per heavy atom. The van der Waals surface area contributed by atoms with Crippen molar-refractivity contribution >= 4 is 17.4 Å². The maximum atomic E-state index is 13.4. The number of hydrogen-bond acceptors (Lipinski definition) is 2. The first kappa shape index (κ1) is 14.7. The van der Waals surface area contributed by atoms with Gasteiger partial charge in [0.2, 0.25) is 0 Å². The number of rotatable bonds is 3. The molecular formula is C14H11F3N2O2. The Labute approximate surface area is 118 Å². The molecule has 0 aromatic heterocycles. The van der Waals surface area contributed by atoms with Gasteiger partial charge in [0.05, 0.1) is 12.8 Å². The van der Waals surface area contributed by atoms with E-state index in [1.807, 2.05) is 0 Å². The predicted octanol–water partition coefficient (Wildman–Crippen LogP) is 3.76. The van der Waals surface area contributed by atoms with Gasteiger partial charge in [0.25, 0.3) is 0 Å². The van der Waals surface area contributed by atoms with Gasteiger partial charge in [-0.05, 0) is 24.3 Å². The molecule has 7 heteroatoms. The molecule has 0 atom stereocenters. The molecule has 110 valence electrons. The lowest BCUT2D eigenvalue weighted by atomic mass is 10.3. The van der Waals surface area contributed by atoms with E-state index in [0.29, 0.717) is 6.07 Å². The zero-order valence-corrected chi connectivity index (χ0v) is 10.9.